The van der Waals surface area contributed by atoms with Crippen LogP contribution in [0.15, 0.2) is 78.5 Å². The van der Waals surface area contributed by atoms with Crippen molar-refractivity contribution in [1.82, 2.24) is 0 Å². The van der Waals surface area contributed by atoms with Gasteiger partial charge in [0.25, 0.3) is 11.8 Å². The quantitative estimate of drug-likeness (QED) is 0.548. The summed E-state index contributed by atoms with van der Waals surface area (Å²) in [4.78, 5) is 28.1. The van der Waals surface area contributed by atoms with Crippen molar-refractivity contribution in [2.24, 2.45) is 0 Å². The average molecular weight is 428 g/mol. The van der Waals surface area contributed by atoms with Gasteiger partial charge in [0.15, 0.2) is 0 Å². The normalized spacial score (nSPS) is 13.5. The van der Waals surface area contributed by atoms with E-state index in [1.165, 1.54) is 4.90 Å². The van der Waals surface area contributed by atoms with E-state index in [1.54, 1.807) is 43.5 Å². The third-order valence-corrected chi connectivity index (χ3v) is 5.19. The van der Waals surface area contributed by atoms with E-state index in [-0.39, 0.29) is 11.6 Å². The molecule has 0 aliphatic carbocycles. The summed E-state index contributed by atoms with van der Waals surface area (Å²) in [6, 6.07) is 21.7. The molecule has 0 fully saturated rings. The number of benzene rings is 3. The van der Waals surface area contributed by atoms with Crippen LogP contribution >= 0.6 is 0 Å². The van der Waals surface area contributed by atoms with E-state index in [0.29, 0.717) is 34.9 Å². The molecule has 0 atom stereocenters. The summed E-state index contributed by atoms with van der Waals surface area (Å²) in [5.74, 6) is 0.621. The number of anilines is 2. The van der Waals surface area contributed by atoms with Gasteiger partial charge in [0.2, 0.25) is 0 Å². The Kier molecular flexibility index (Phi) is 5.94. The first-order chi connectivity index (χ1) is 15.5. The zero-order valence-electron chi connectivity index (χ0n) is 18.2. The Labute approximate surface area is 187 Å². The maximum atomic E-state index is 13.5. The van der Waals surface area contributed by atoms with Crippen LogP contribution in [0.1, 0.15) is 18.1 Å². The number of carbonyl (C=O) groups is 2. The highest BCUT2D eigenvalue weighted by Crippen LogP contribution is 2.34. The molecule has 0 radical (unpaired) electrons. The van der Waals surface area contributed by atoms with Gasteiger partial charge in [-0.1, -0.05) is 29.8 Å². The van der Waals surface area contributed by atoms with Crippen LogP contribution < -0.4 is 19.7 Å². The number of hydrogen-bond donors (Lipinski definition) is 1. The molecule has 1 N–H and O–H groups in total. The molecule has 0 spiro atoms. The number of aryl methyl sites for hydroxylation is 1. The van der Waals surface area contributed by atoms with Crippen molar-refractivity contribution in [3.05, 3.63) is 89.6 Å². The molecule has 0 saturated heterocycles. The molecule has 3 aromatic rings. The molecule has 0 unspecified atom stereocenters. The zero-order chi connectivity index (χ0) is 22.7. The van der Waals surface area contributed by atoms with Crippen LogP contribution in [0.3, 0.4) is 0 Å². The van der Waals surface area contributed by atoms with E-state index in [0.717, 1.165) is 11.3 Å². The number of rotatable bonds is 7. The fraction of sp³-hybridized carbons (Fsp3) is 0.154. The number of ether oxygens (including phenoxy) is 2. The van der Waals surface area contributed by atoms with Crippen molar-refractivity contribution in [3.8, 4) is 11.5 Å². The SMILES string of the molecule is CCOc1ccc(NC2=C(c3ccc(OC)cc3)C(=O)N(c3ccc(C)cc3)C2=O)cc1. The first kappa shape index (κ1) is 21.2. The van der Waals surface area contributed by atoms with Gasteiger partial charge < -0.3 is 14.8 Å². The van der Waals surface area contributed by atoms with Crippen LogP contribution in [0.25, 0.3) is 5.57 Å². The molecule has 6 nitrogen and oxygen atoms in total. The lowest BCUT2D eigenvalue weighted by Gasteiger charge is -2.15. The number of carbonyl (C=O) groups excluding carboxylic acids is 2. The standard InChI is InChI=1S/C26H24N2O4/c1-4-32-22-15-9-19(10-16-22)27-24-23(18-7-13-21(31-3)14-8-18)25(29)28(26(24)30)20-11-5-17(2)6-12-20/h5-16,27H,4H2,1-3H3. The molecule has 0 saturated carbocycles. The highest BCUT2D eigenvalue weighted by molar-refractivity contribution is 6.46. The average Bonchev–Trinajstić information content (AvgIpc) is 3.05. The van der Waals surface area contributed by atoms with Crippen molar-refractivity contribution in [1.29, 1.82) is 0 Å². The first-order valence-corrected chi connectivity index (χ1v) is 10.4. The number of hydrogen-bond acceptors (Lipinski definition) is 5. The summed E-state index contributed by atoms with van der Waals surface area (Å²) in [6.45, 7) is 4.44. The summed E-state index contributed by atoms with van der Waals surface area (Å²) >= 11 is 0. The van der Waals surface area contributed by atoms with Gasteiger partial charge in [0.05, 0.1) is 25.0 Å². The number of nitrogens with zero attached hydrogens (tertiary/aromatic N) is 1. The van der Waals surface area contributed by atoms with Gasteiger partial charge in [0.1, 0.15) is 17.2 Å². The van der Waals surface area contributed by atoms with Gasteiger partial charge in [-0.3, -0.25) is 9.59 Å². The molecule has 162 valence electrons. The summed E-state index contributed by atoms with van der Waals surface area (Å²) < 4.78 is 10.7. The van der Waals surface area contributed by atoms with Gasteiger partial charge in [-0.05, 0) is 67.9 Å². The predicted octanol–water partition coefficient (Wildman–Crippen LogP) is 4.80. The molecule has 4 rings (SSSR count). The molecule has 1 aliphatic rings. The minimum absolute atomic E-state index is 0.227. The van der Waals surface area contributed by atoms with Gasteiger partial charge in [0, 0.05) is 5.69 Å². The Hall–Kier alpha value is -4.06. The lowest BCUT2D eigenvalue weighted by atomic mass is 10.0. The van der Waals surface area contributed by atoms with E-state index in [9.17, 15) is 9.59 Å². The Morgan fingerprint density at radius 1 is 0.812 bits per heavy atom. The zero-order valence-corrected chi connectivity index (χ0v) is 18.2. The lowest BCUT2D eigenvalue weighted by Crippen LogP contribution is -2.32. The third-order valence-electron chi connectivity index (χ3n) is 5.19. The largest absolute Gasteiger partial charge is 0.497 e. The lowest BCUT2D eigenvalue weighted by molar-refractivity contribution is -0.120. The molecular weight excluding hydrogens is 404 g/mol. The molecule has 0 aromatic heterocycles. The second kappa shape index (κ2) is 8.98. The second-order valence-corrected chi connectivity index (χ2v) is 7.34. The third kappa shape index (κ3) is 4.07. The summed E-state index contributed by atoms with van der Waals surface area (Å²) in [5.41, 5.74) is 3.43. The summed E-state index contributed by atoms with van der Waals surface area (Å²) in [6.07, 6.45) is 0. The van der Waals surface area contributed by atoms with Crippen molar-refractivity contribution in [3.63, 3.8) is 0 Å². The van der Waals surface area contributed by atoms with Crippen molar-refractivity contribution < 1.29 is 19.1 Å². The fourth-order valence-electron chi connectivity index (χ4n) is 3.55. The smallest absolute Gasteiger partial charge is 0.282 e. The van der Waals surface area contributed by atoms with E-state index in [2.05, 4.69) is 5.32 Å². The number of nitrogens with one attached hydrogen (secondary N) is 1. The van der Waals surface area contributed by atoms with E-state index >= 15 is 0 Å². The first-order valence-electron chi connectivity index (χ1n) is 10.4. The molecule has 1 heterocycles. The second-order valence-electron chi connectivity index (χ2n) is 7.34. The topological polar surface area (TPSA) is 67.9 Å². The molecule has 32 heavy (non-hydrogen) atoms. The maximum absolute atomic E-state index is 13.5. The van der Waals surface area contributed by atoms with Crippen molar-refractivity contribution in [2.75, 3.05) is 23.9 Å². The van der Waals surface area contributed by atoms with Gasteiger partial charge in [-0.25, -0.2) is 4.90 Å². The Morgan fingerprint density at radius 3 is 2.03 bits per heavy atom. The number of methoxy groups -OCH3 is 1. The molecule has 6 heteroatoms. The van der Waals surface area contributed by atoms with E-state index < -0.39 is 5.91 Å². The Morgan fingerprint density at radius 2 is 1.44 bits per heavy atom. The van der Waals surface area contributed by atoms with Crippen LogP contribution in [-0.4, -0.2) is 25.5 Å². The highest BCUT2D eigenvalue weighted by Gasteiger charge is 2.40. The molecule has 1 aliphatic heterocycles. The number of amides is 2. The van der Waals surface area contributed by atoms with Crippen LogP contribution in [0.5, 0.6) is 11.5 Å². The minimum Gasteiger partial charge on any atom is -0.497 e. The highest BCUT2D eigenvalue weighted by atomic mass is 16.5. The Bertz CT molecular complexity index is 1160. The van der Waals surface area contributed by atoms with Gasteiger partial charge >= 0.3 is 0 Å². The molecule has 2 amide bonds. The molecule has 3 aromatic carbocycles. The predicted molar refractivity (Wildman–Crippen MR) is 125 cm³/mol. The van der Waals surface area contributed by atoms with Gasteiger partial charge in [-0.15, -0.1) is 0 Å². The number of imide groups is 1. The van der Waals surface area contributed by atoms with E-state index in [4.69, 9.17) is 9.47 Å². The van der Waals surface area contributed by atoms with Crippen LogP contribution in [0.2, 0.25) is 0 Å². The maximum Gasteiger partial charge on any atom is 0.282 e. The van der Waals surface area contributed by atoms with Crippen LogP contribution in [0.4, 0.5) is 11.4 Å². The van der Waals surface area contributed by atoms with E-state index in [1.807, 2.05) is 50.2 Å². The fourth-order valence-corrected chi connectivity index (χ4v) is 3.55. The monoisotopic (exact) mass is 428 g/mol. The summed E-state index contributed by atoms with van der Waals surface area (Å²) in [5, 5.41) is 3.16. The molecule has 0 bridgehead atoms. The minimum atomic E-state index is -0.404. The molecular formula is C26H24N2O4. The van der Waals surface area contributed by atoms with Crippen LogP contribution in [0, 0.1) is 6.92 Å². The van der Waals surface area contributed by atoms with Crippen LogP contribution in [-0.2, 0) is 9.59 Å². The summed E-state index contributed by atoms with van der Waals surface area (Å²) in [7, 11) is 1.58. The van der Waals surface area contributed by atoms with Crippen molar-refractivity contribution in [2.45, 2.75) is 13.8 Å². The Balaban J connectivity index is 1.75. The van der Waals surface area contributed by atoms with Gasteiger partial charge in [-0.2, -0.15) is 0 Å². The van der Waals surface area contributed by atoms with Crippen molar-refractivity contribution >= 4 is 28.8 Å².